The summed E-state index contributed by atoms with van der Waals surface area (Å²) in [4.78, 5) is 14.6. The molecular formula is C22H28FN3O3S. The first-order chi connectivity index (χ1) is 14.3. The zero-order valence-corrected chi connectivity index (χ0v) is 18.1. The molecule has 0 bridgehead atoms. The Kier molecular flexibility index (Phi) is 7.23. The van der Waals surface area contributed by atoms with E-state index in [1.807, 2.05) is 49.1 Å². The van der Waals surface area contributed by atoms with Gasteiger partial charge in [-0.25, -0.2) is 12.8 Å². The van der Waals surface area contributed by atoms with Gasteiger partial charge in [-0.15, -0.1) is 0 Å². The maximum Gasteiger partial charge on any atom is 0.237 e. The summed E-state index contributed by atoms with van der Waals surface area (Å²) in [5.41, 5.74) is 1.59. The second kappa shape index (κ2) is 9.68. The molecule has 30 heavy (non-hydrogen) atoms. The minimum absolute atomic E-state index is 0.0148. The molecule has 1 fully saturated rings. The topological polar surface area (TPSA) is 69.7 Å². The lowest BCUT2D eigenvalue weighted by molar-refractivity contribution is -0.127. The number of nitrogens with zero attached hydrogens (tertiary/aromatic N) is 2. The van der Waals surface area contributed by atoms with Crippen LogP contribution >= 0.6 is 0 Å². The molecule has 0 spiro atoms. The van der Waals surface area contributed by atoms with Gasteiger partial charge in [-0.2, -0.15) is 4.31 Å². The Morgan fingerprint density at radius 2 is 1.60 bits per heavy atom. The molecule has 0 saturated carbocycles. The number of rotatable bonds is 7. The molecule has 8 heteroatoms. The summed E-state index contributed by atoms with van der Waals surface area (Å²) in [6.45, 7) is 5.38. The number of hydrogen-bond acceptors (Lipinski definition) is 4. The molecule has 0 aliphatic carbocycles. The normalized spacial score (nSPS) is 18.0. The third kappa shape index (κ3) is 5.65. The number of amides is 1. The Balaban J connectivity index is 1.52. The monoisotopic (exact) mass is 433 g/mol. The Morgan fingerprint density at radius 1 is 1.00 bits per heavy atom. The molecular weight excluding hydrogens is 405 g/mol. The zero-order chi connectivity index (χ0) is 21.7. The molecule has 0 radical (unpaired) electrons. The number of nitrogens with one attached hydrogen (secondary N) is 1. The molecule has 6 nitrogen and oxygen atoms in total. The van der Waals surface area contributed by atoms with Crippen LogP contribution in [0.1, 0.15) is 31.0 Å². The van der Waals surface area contributed by atoms with Crippen LogP contribution < -0.4 is 5.32 Å². The minimum Gasteiger partial charge on any atom is -0.348 e. The van der Waals surface area contributed by atoms with Crippen molar-refractivity contribution in [2.75, 3.05) is 26.2 Å². The van der Waals surface area contributed by atoms with E-state index >= 15 is 0 Å². The van der Waals surface area contributed by atoms with E-state index in [0.717, 1.165) is 11.1 Å². The van der Waals surface area contributed by atoms with Crippen LogP contribution in [0.5, 0.6) is 0 Å². The fraction of sp³-hybridized carbons (Fsp3) is 0.409. The van der Waals surface area contributed by atoms with Gasteiger partial charge in [0.05, 0.1) is 17.8 Å². The van der Waals surface area contributed by atoms with Crippen LogP contribution in [0.15, 0.2) is 54.6 Å². The summed E-state index contributed by atoms with van der Waals surface area (Å²) in [6.07, 6.45) is 0. The van der Waals surface area contributed by atoms with Gasteiger partial charge in [-0.05, 0) is 37.1 Å². The van der Waals surface area contributed by atoms with Gasteiger partial charge in [0.2, 0.25) is 15.9 Å². The summed E-state index contributed by atoms with van der Waals surface area (Å²) >= 11 is 0. The van der Waals surface area contributed by atoms with E-state index in [4.69, 9.17) is 0 Å². The van der Waals surface area contributed by atoms with Crippen molar-refractivity contribution >= 4 is 15.9 Å². The summed E-state index contributed by atoms with van der Waals surface area (Å²) < 4.78 is 40.0. The molecule has 1 heterocycles. The van der Waals surface area contributed by atoms with Gasteiger partial charge in [-0.1, -0.05) is 42.5 Å². The first-order valence-electron chi connectivity index (χ1n) is 10.1. The van der Waals surface area contributed by atoms with Crippen molar-refractivity contribution in [1.82, 2.24) is 14.5 Å². The van der Waals surface area contributed by atoms with Gasteiger partial charge >= 0.3 is 0 Å². The fourth-order valence-electron chi connectivity index (χ4n) is 3.58. The van der Waals surface area contributed by atoms with Gasteiger partial charge in [0.15, 0.2) is 0 Å². The zero-order valence-electron chi connectivity index (χ0n) is 17.3. The van der Waals surface area contributed by atoms with E-state index in [1.54, 1.807) is 12.1 Å². The Morgan fingerprint density at radius 3 is 2.20 bits per heavy atom. The average molecular weight is 434 g/mol. The van der Waals surface area contributed by atoms with Crippen LogP contribution in [0.2, 0.25) is 0 Å². The molecule has 2 aromatic rings. The molecule has 1 N–H and O–H groups in total. The third-order valence-corrected chi connectivity index (χ3v) is 7.36. The SMILES string of the molecule is CC(NC(=O)C(C)N1CCN(S(=O)(=O)Cc2ccccc2)CC1)c1ccc(F)cc1. The Bertz CT molecular complexity index is 943. The lowest BCUT2D eigenvalue weighted by Crippen LogP contribution is -2.55. The molecule has 1 aliphatic heterocycles. The van der Waals surface area contributed by atoms with Crippen molar-refractivity contribution < 1.29 is 17.6 Å². The van der Waals surface area contributed by atoms with E-state index in [-0.39, 0.29) is 29.6 Å². The first-order valence-corrected chi connectivity index (χ1v) is 11.7. The highest BCUT2D eigenvalue weighted by Crippen LogP contribution is 2.17. The fourth-order valence-corrected chi connectivity index (χ4v) is 5.10. The Hall–Kier alpha value is -2.29. The number of hydrogen-bond donors (Lipinski definition) is 1. The highest BCUT2D eigenvalue weighted by atomic mass is 32.2. The van der Waals surface area contributed by atoms with Gasteiger partial charge < -0.3 is 5.32 Å². The molecule has 3 rings (SSSR count). The maximum absolute atomic E-state index is 13.1. The van der Waals surface area contributed by atoms with Crippen LogP contribution in [0.25, 0.3) is 0 Å². The molecule has 1 aliphatic rings. The number of piperazine rings is 1. The minimum atomic E-state index is -3.39. The van der Waals surface area contributed by atoms with E-state index < -0.39 is 10.0 Å². The average Bonchev–Trinajstić information content (AvgIpc) is 2.74. The quantitative estimate of drug-likeness (QED) is 0.729. The summed E-state index contributed by atoms with van der Waals surface area (Å²) in [7, 11) is -3.39. The van der Waals surface area contributed by atoms with Crippen LogP contribution in [0.3, 0.4) is 0 Å². The predicted molar refractivity (Wildman–Crippen MR) is 115 cm³/mol. The molecule has 2 aromatic carbocycles. The van der Waals surface area contributed by atoms with Gasteiger partial charge in [0.25, 0.3) is 0 Å². The van der Waals surface area contributed by atoms with Gasteiger partial charge in [-0.3, -0.25) is 9.69 Å². The second-order valence-corrected chi connectivity index (χ2v) is 9.60. The smallest absolute Gasteiger partial charge is 0.237 e. The standard InChI is InChI=1S/C22H28FN3O3S/c1-17(20-8-10-21(23)11-9-20)24-22(27)18(2)25-12-14-26(15-13-25)30(28,29)16-19-6-4-3-5-7-19/h3-11,17-18H,12-16H2,1-2H3,(H,24,27). The maximum atomic E-state index is 13.1. The molecule has 1 amide bonds. The number of halogens is 1. The first kappa shape index (κ1) is 22.4. The van der Waals surface area contributed by atoms with Crippen molar-refractivity contribution in [3.8, 4) is 0 Å². The van der Waals surface area contributed by atoms with E-state index in [9.17, 15) is 17.6 Å². The van der Waals surface area contributed by atoms with E-state index in [0.29, 0.717) is 26.2 Å². The second-order valence-electron chi connectivity index (χ2n) is 7.63. The van der Waals surface area contributed by atoms with E-state index in [2.05, 4.69) is 5.32 Å². The van der Waals surface area contributed by atoms with Crippen LogP contribution in [-0.4, -0.2) is 55.8 Å². The van der Waals surface area contributed by atoms with Crippen LogP contribution in [0.4, 0.5) is 4.39 Å². The number of benzene rings is 2. The lowest BCUT2D eigenvalue weighted by atomic mass is 10.1. The van der Waals surface area contributed by atoms with Crippen molar-refractivity contribution in [2.24, 2.45) is 0 Å². The Labute approximate surface area is 177 Å². The van der Waals surface area contributed by atoms with Crippen molar-refractivity contribution in [2.45, 2.75) is 31.7 Å². The lowest BCUT2D eigenvalue weighted by Gasteiger charge is -2.37. The highest BCUT2D eigenvalue weighted by molar-refractivity contribution is 7.88. The predicted octanol–water partition coefficient (Wildman–Crippen LogP) is 2.54. The molecule has 2 unspecified atom stereocenters. The van der Waals surface area contributed by atoms with Crippen LogP contribution in [-0.2, 0) is 20.6 Å². The molecule has 0 aromatic heterocycles. The number of carbonyl (C=O) groups is 1. The summed E-state index contributed by atoms with van der Waals surface area (Å²) in [5.74, 6) is -0.461. The molecule has 162 valence electrons. The summed E-state index contributed by atoms with van der Waals surface area (Å²) in [6, 6.07) is 14.6. The summed E-state index contributed by atoms with van der Waals surface area (Å²) in [5, 5.41) is 2.95. The largest absolute Gasteiger partial charge is 0.348 e. The molecule has 1 saturated heterocycles. The van der Waals surface area contributed by atoms with Crippen molar-refractivity contribution in [3.63, 3.8) is 0 Å². The van der Waals surface area contributed by atoms with Gasteiger partial charge in [0, 0.05) is 26.2 Å². The number of sulfonamides is 1. The van der Waals surface area contributed by atoms with Crippen LogP contribution in [0, 0.1) is 5.82 Å². The third-order valence-electron chi connectivity index (χ3n) is 5.51. The van der Waals surface area contributed by atoms with Crippen molar-refractivity contribution in [3.05, 3.63) is 71.5 Å². The van der Waals surface area contributed by atoms with Crippen molar-refractivity contribution in [1.29, 1.82) is 0 Å². The highest BCUT2D eigenvalue weighted by Gasteiger charge is 2.31. The molecule has 2 atom stereocenters. The van der Waals surface area contributed by atoms with Gasteiger partial charge in [0.1, 0.15) is 5.82 Å². The van der Waals surface area contributed by atoms with E-state index in [1.165, 1.54) is 16.4 Å². The number of carbonyl (C=O) groups excluding carboxylic acids is 1.